The summed E-state index contributed by atoms with van der Waals surface area (Å²) in [6.45, 7) is 0.621. The highest BCUT2D eigenvalue weighted by Gasteiger charge is 1.94. The van der Waals surface area contributed by atoms with E-state index in [9.17, 15) is 0 Å². The maximum Gasteiger partial charge on any atom is 0.0377 e. The van der Waals surface area contributed by atoms with Crippen LogP contribution in [0, 0.1) is 0 Å². The Balaban J connectivity index is 2.81. The van der Waals surface area contributed by atoms with Crippen LogP contribution in [0.15, 0.2) is 18.5 Å². The molecular formula is C7H11N3. The number of pyridine rings is 1. The quantitative estimate of drug-likeness (QED) is 0.610. The normalized spacial score (nSPS) is 9.70. The number of rotatable bonds is 2. The van der Waals surface area contributed by atoms with Gasteiger partial charge in [0.2, 0.25) is 0 Å². The van der Waals surface area contributed by atoms with Crippen molar-refractivity contribution in [1.82, 2.24) is 4.98 Å². The van der Waals surface area contributed by atoms with Crippen LogP contribution >= 0.6 is 0 Å². The van der Waals surface area contributed by atoms with E-state index >= 15 is 0 Å². The van der Waals surface area contributed by atoms with Crippen LogP contribution in [0.5, 0.6) is 0 Å². The van der Waals surface area contributed by atoms with Crippen molar-refractivity contribution in [2.24, 2.45) is 5.73 Å². The van der Waals surface area contributed by atoms with Crippen LogP contribution in [0.1, 0.15) is 5.56 Å². The lowest BCUT2D eigenvalue weighted by Crippen LogP contribution is -2.05. The van der Waals surface area contributed by atoms with Gasteiger partial charge in [-0.15, -0.1) is 0 Å². The van der Waals surface area contributed by atoms with E-state index in [-0.39, 0.29) is 0 Å². The number of anilines is 1. The minimum atomic E-state index is 0.621. The maximum absolute atomic E-state index is 5.61. The van der Waals surface area contributed by atoms with Crippen molar-refractivity contribution in [3.8, 4) is 0 Å². The first kappa shape index (κ1) is 7.02. The van der Waals surface area contributed by atoms with Crippen LogP contribution in [0.25, 0.3) is 0 Å². The van der Waals surface area contributed by atoms with E-state index in [0.717, 1.165) is 17.7 Å². The van der Waals surface area contributed by atoms with Crippen LogP contribution in [0.3, 0.4) is 0 Å². The lowest BCUT2D eigenvalue weighted by atomic mass is 10.2. The molecule has 0 fully saturated rings. The van der Waals surface area contributed by atoms with E-state index in [2.05, 4.69) is 4.98 Å². The average Bonchev–Trinajstić information content (AvgIpc) is 1.94. The van der Waals surface area contributed by atoms with Gasteiger partial charge in [0, 0.05) is 18.1 Å². The Hall–Kier alpha value is -1.09. The molecule has 0 bridgehead atoms. The molecule has 0 radical (unpaired) electrons. The van der Waals surface area contributed by atoms with Crippen LogP contribution in [0.2, 0.25) is 0 Å². The van der Waals surface area contributed by atoms with Crippen molar-refractivity contribution in [2.75, 3.05) is 12.3 Å². The molecule has 0 amide bonds. The van der Waals surface area contributed by atoms with Crippen molar-refractivity contribution < 1.29 is 0 Å². The van der Waals surface area contributed by atoms with E-state index < -0.39 is 0 Å². The third kappa shape index (κ3) is 1.45. The molecule has 1 rings (SSSR count). The summed E-state index contributed by atoms with van der Waals surface area (Å²) in [4.78, 5) is 3.93. The zero-order chi connectivity index (χ0) is 7.40. The molecule has 1 aromatic rings. The van der Waals surface area contributed by atoms with Crippen LogP contribution in [-0.2, 0) is 6.42 Å². The molecule has 0 spiro atoms. The Kier molecular flexibility index (Phi) is 2.23. The SMILES string of the molecule is NCCc1cnccc1N. The van der Waals surface area contributed by atoms with Crippen LogP contribution < -0.4 is 11.5 Å². The first-order chi connectivity index (χ1) is 4.84. The average molecular weight is 137 g/mol. The lowest BCUT2D eigenvalue weighted by Gasteiger charge is -2.00. The van der Waals surface area contributed by atoms with Crippen LogP contribution in [0.4, 0.5) is 5.69 Å². The molecule has 10 heavy (non-hydrogen) atoms. The van der Waals surface area contributed by atoms with Crippen molar-refractivity contribution in [1.29, 1.82) is 0 Å². The van der Waals surface area contributed by atoms with Gasteiger partial charge < -0.3 is 11.5 Å². The predicted molar refractivity (Wildman–Crippen MR) is 41.4 cm³/mol. The number of hydrogen-bond acceptors (Lipinski definition) is 3. The molecule has 0 aliphatic carbocycles. The highest BCUT2D eigenvalue weighted by Crippen LogP contribution is 2.07. The summed E-state index contributed by atoms with van der Waals surface area (Å²) in [5, 5.41) is 0. The summed E-state index contributed by atoms with van der Waals surface area (Å²) >= 11 is 0. The molecule has 1 aromatic heterocycles. The second-order valence-electron chi connectivity index (χ2n) is 2.11. The molecule has 0 unspecified atom stereocenters. The molecule has 3 heteroatoms. The second-order valence-corrected chi connectivity index (χ2v) is 2.11. The fourth-order valence-electron chi connectivity index (χ4n) is 0.802. The third-order valence-electron chi connectivity index (χ3n) is 1.35. The molecule has 0 aliphatic heterocycles. The molecule has 0 aliphatic rings. The molecular weight excluding hydrogens is 126 g/mol. The number of aromatic nitrogens is 1. The number of hydrogen-bond donors (Lipinski definition) is 2. The summed E-state index contributed by atoms with van der Waals surface area (Å²) in [6, 6.07) is 1.78. The molecule has 0 aromatic carbocycles. The standard InChI is InChI=1S/C7H11N3/c8-3-1-6-5-10-4-2-7(6)9/h2,4-5H,1,3,8H2,(H2,9,10). The minimum Gasteiger partial charge on any atom is -0.398 e. The van der Waals surface area contributed by atoms with Gasteiger partial charge in [0.1, 0.15) is 0 Å². The summed E-state index contributed by atoms with van der Waals surface area (Å²) in [6.07, 6.45) is 4.23. The van der Waals surface area contributed by atoms with Gasteiger partial charge in [0.05, 0.1) is 0 Å². The van der Waals surface area contributed by atoms with Gasteiger partial charge in [0.25, 0.3) is 0 Å². The van der Waals surface area contributed by atoms with Gasteiger partial charge in [-0.25, -0.2) is 0 Å². The molecule has 0 saturated carbocycles. The summed E-state index contributed by atoms with van der Waals surface area (Å²) in [5.41, 5.74) is 12.8. The van der Waals surface area contributed by atoms with E-state index in [1.165, 1.54) is 0 Å². The van der Waals surface area contributed by atoms with Gasteiger partial charge >= 0.3 is 0 Å². The summed E-state index contributed by atoms with van der Waals surface area (Å²) in [7, 11) is 0. The van der Waals surface area contributed by atoms with Gasteiger partial charge in [-0.1, -0.05) is 0 Å². The predicted octanol–water partition coefficient (Wildman–Crippen LogP) is 0.165. The molecule has 4 N–H and O–H groups in total. The zero-order valence-electron chi connectivity index (χ0n) is 5.75. The fraction of sp³-hybridized carbons (Fsp3) is 0.286. The van der Waals surface area contributed by atoms with Gasteiger partial charge in [-0.2, -0.15) is 0 Å². The Morgan fingerprint density at radius 1 is 1.50 bits per heavy atom. The van der Waals surface area contributed by atoms with Crippen molar-refractivity contribution in [2.45, 2.75) is 6.42 Å². The maximum atomic E-state index is 5.61. The summed E-state index contributed by atoms with van der Waals surface area (Å²) < 4.78 is 0. The summed E-state index contributed by atoms with van der Waals surface area (Å²) in [5.74, 6) is 0. The first-order valence-electron chi connectivity index (χ1n) is 3.23. The van der Waals surface area contributed by atoms with E-state index in [1.54, 1.807) is 18.5 Å². The van der Waals surface area contributed by atoms with Crippen molar-refractivity contribution >= 4 is 5.69 Å². The minimum absolute atomic E-state index is 0.621. The van der Waals surface area contributed by atoms with E-state index in [0.29, 0.717) is 6.54 Å². The van der Waals surface area contributed by atoms with Gasteiger partial charge in [-0.05, 0) is 24.6 Å². The first-order valence-corrected chi connectivity index (χ1v) is 3.23. The number of nitrogen functional groups attached to an aromatic ring is 1. The Morgan fingerprint density at radius 2 is 2.30 bits per heavy atom. The van der Waals surface area contributed by atoms with Crippen LogP contribution in [-0.4, -0.2) is 11.5 Å². The topological polar surface area (TPSA) is 64.9 Å². The Bertz CT molecular complexity index is 210. The molecule has 3 nitrogen and oxygen atoms in total. The fourth-order valence-corrected chi connectivity index (χ4v) is 0.802. The highest BCUT2D eigenvalue weighted by molar-refractivity contribution is 5.44. The van der Waals surface area contributed by atoms with Crippen molar-refractivity contribution in [3.05, 3.63) is 24.0 Å². The van der Waals surface area contributed by atoms with Gasteiger partial charge in [0.15, 0.2) is 0 Å². The molecule has 1 heterocycles. The molecule has 0 atom stereocenters. The Morgan fingerprint density at radius 3 is 2.90 bits per heavy atom. The Labute approximate surface area is 60.1 Å². The molecule has 0 saturated heterocycles. The number of nitrogens with zero attached hydrogens (tertiary/aromatic N) is 1. The van der Waals surface area contributed by atoms with E-state index in [1.807, 2.05) is 0 Å². The molecule has 54 valence electrons. The lowest BCUT2D eigenvalue weighted by molar-refractivity contribution is 0.961. The zero-order valence-corrected chi connectivity index (χ0v) is 5.75. The smallest absolute Gasteiger partial charge is 0.0377 e. The van der Waals surface area contributed by atoms with Crippen molar-refractivity contribution in [3.63, 3.8) is 0 Å². The monoisotopic (exact) mass is 137 g/mol. The highest BCUT2D eigenvalue weighted by atomic mass is 14.7. The third-order valence-corrected chi connectivity index (χ3v) is 1.35. The largest absolute Gasteiger partial charge is 0.398 e. The van der Waals surface area contributed by atoms with Gasteiger partial charge in [-0.3, -0.25) is 4.98 Å². The number of nitrogens with two attached hydrogens (primary N) is 2. The second kappa shape index (κ2) is 3.17. The van der Waals surface area contributed by atoms with E-state index in [4.69, 9.17) is 11.5 Å².